The van der Waals surface area contributed by atoms with Gasteiger partial charge in [0.15, 0.2) is 5.82 Å². The Morgan fingerprint density at radius 3 is 2.53 bits per heavy atom. The van der Waals surface area contributed by atoms with Crippen molar-refractivity contribution in [3.05, 3.63) is 88.8 Å². The molecular formula is C22H18ClN3O3S. The molecule has 2 heterocycles. The average molecular weight is 440 g/mol. The van der Waals surface area contributed by atoms with Crippen LogP contribution in [0.1, 0.15) is 22.3 Å². The molecule has 0 spiro atoms. The van der Waals surface area contributed by atoms with Crippen molar-refractivity contribution in [2.45, 2.75) is 17.9 Å². The van der Waals surface area contributed by atoms with Crippen LogP contribution in [0.5, 0.6) is 0 Å². The molecule has 8 heteroatoms. The fourth-order valence-corrected chi connectivity index (χ4v) is 4.02. The molecule has 0 bridgehead atoms. The lowest BCUT2D eigenvalue weighted by Crippen LogP contribution is -2.19. The van der Waals surface area contributed by atoms with Crippen molar-refractivity contribution in [3.8, 4) is 11.3 Å². The molecule has 1 N–H and O–H groups in total. The summed E-state index contributed by atoms with van der Waals surface area (Å²) in [6, 6.07) is 20.5. The molecule has 0 aliphatic rings. The average Bonchev–Trinajstić information content (AvgIpc) is 3.38. The fraction of sp³-hybridized carbons (Fsp3) is 0.136. The van der Waals surface area contributed by atoms with Gasteiger partial charge in [-0.3, -0.25) is 4.79 Å². The molecule has 4 aromatic rings. The number of halogens is 1. The third kappa shape index (κ3) is 4.93. The minimum absolute atomic E-state index is 0.183. The minimum Gasteiger partial charge on any atom is -0.360 e. The summed E-state index contributed by atoms with van der Waals surface area (Å²) in [5.74, 6) is 1.99. The molecule has 0 saturated heterocycles. The standard InChI is InChI=1S/C22H18ClN3O3S/c1-14-11-20(26-28-14)24-22(27)21(16-5-3-2-4-6-16)30-13-18-12-19(25-29-18)15-7-9-17(23)10-8-15/h2-12,21H,13H2,1H3,(H,24,26,27). The van der Waals surface area contributed by atoms with Gasteiger partial charge in [-0.25, -0.2) is 0 Å². The van der Waals surface area contributed by atoms with Gasteiger partial charge in [-0.2, -0.15) is 0 Å². The molecule has 152 valence electrons. The number of hydrogen-bond acceptors (Lipinski definition) is 6. The second-order valence-corrected chi connectivity index (χ2v) is 8.13. The summed E-state index contributed by atoms with van der Waals surface area (Å²) in [5, 5.41) is 11.0. The van der Waals surface area contributed by atoms with Crippen LogP contribution in [-0.4, -0.2) is 16.2 Å². The van der Waals surface area contributed by atoms with E-state index in [2.05, 4.69) is 15.6 Å². The van der Waals surface area contributed by atoms with Crippen LogP contribution < -0.4 is 5.32 Å². The normalized spacial score (nSPS) is 11.9. The lowest BCUT2D eigenvalue weighted by atomic mass is 10.1. The number of rotatable bonds is 7. The molecular weight excluding hydrogens is 422 g/mol. The molecule has 0 aliphatic carbocycles. The maximum absolute atomic E-state index is 12.9. The van der Waals surface area contributed by atoms with Gasteiger partial charge in [-0.05, 0) is 24.6 Å². The van der Waals surface area contributed by atoms with Gasteiger partial charge in [0.2, 0.25) is 5.91 Å². The number of nitrogens with zero attached hydrogens (tertiary/aromatic N) is 2. The number of benzene rings is 2. The zero-order valence-corrected chi connectivity index (χ0v) is 17.6. The molecule has 0 saturated carbocycles. The first-order valence-corrected chi connectivity index (χ1v) is 10.6. The van der Waals surface area contributed by atoms with Crippen LogP contribution in [0.2, 0.25) is 5.02 Å². The summed E-state index contributed by atoms with van der Waals surface area (Å²) in [6.45, 7) is 1.77. The van der Waals surface area contributed by atoms with E-state index >= 15 is 0 Å². The van der Waals surface area contributed by atoms with E-state index in [0.29, 0.717) is 28.1 Å². The topological polar surface area (TPSA) is 81.2 Å². The van der Waals surface area contributed by atoms with E-state index < -0.39 is 5.25 Å². The summed E-state index contributed by atoms with van der Waals surface area (Å²) in [7, 11) is 0. The van der Waals surface area contributed by atoms with Crippen LogP contribution in [0, 0.1) is 6.92 Å². The maximum Gasteiger partial charge on any atom is 0.243 e. The van der Waals surface area contributed by atoms with E-state index in [1.807, 2.05) is 48.5 Å². The molecule has 1 atom stereocenters. The zero-order valence-electron chi connectivity index (χ0n) is 16.0. The van der Waals surface area contributed by atoms with Crippen molar-refractivity contribution in [2.24, 2.45) is 0 Å². The van der Waals surface area contributed by atoms with Crippen molar-refractivity contribution in [3.63, 3.8) is 0 Å². The van der Waals surface area contributed by atoms with Gasteiger partial charge in [-0.1, -0.05) is 64.4 Å². The molecule has 0 aliphatic heterocycles. The second kappa shape index (κ2) is 9.19. The van der Waals surface area contributed by atoms with Gasteiger partial charge in [-0.15, -0.1) is 11.8 Å². The Morgan fingerprint density at radius 1 is 1.07 bits per heavy atom. The Kier molecular flexibility index (Phi) is 6.21. The lowest BCUT2D eigenvalue weighted by Gasteiger charge is -2.15. The predicted molar refractivity (Wildman–Crippen MR) is 117 cm³/mol. The first-order valence-electron chi connectivity index (χ1n) is 9.21. The van der Waals surface area contributed by atoms with E-state index in [9.17, 15) is 4.79 Å². The molecule has 1 amide bonds. The highest BCUT2D eigenvalue weighted by atomic mass is 35.5. The number of amides is 1. The Bertz CT molecular complexity index is 1130. The summed E-state index contributed by atoms with van der Waals surface area (Å²) in [4.78, 5) is 12.9. The zero-order chi connectivity index (χ0) is 20.9. The van der Waals surface area contributed by atoms with Crippen LogP contribution in [0.4, 0.5) is 5.82 Å². The molecule has 2 aromatic carbocycles. The van der Waals surface area contributed by atoms with E-state index in [1.165, 1.54) is 11.8 Å². The molecule has 2 aromatic heterocycles. The lowest BCUT2D eigenvalue weighted by molar-refractivity contribution is -0.115. The summed E-state index contributed by atoms with van der Waals surface area (Å²) in [5.41, 5.74) is 2.52. The number of anilines is 1. The summed E-state index contributed by atoms with van der Waals surface area (Å²) < 4.78 is 10.5. The van der Waals surface area contributed by atoms with Gasteiger partial charge in [0, 0.05) is 22.7 Å². The Morgan fingerprint density at radius 2 is 1.83 bits per heavy atom. The van der Waals surface area contributed by atoms with Crippen LogP contribution in [0.3, 0.4) is 0 Å². The van der Waals surface area contributed by atoms with E-state index in [1.54, 1.807) is 25.1 Å². The monoisotopic (exact) mass is 439 g/mol. The number of hydrogen-bond donors (Lipinski definition) is 1. The van der Waals surface area contributed by atoms with Crippen molar-refractivity contribution in [1.82, 2.24) is 10.3 Å². The van der Waals surface area contributed by atoms with Crippen molar-refractivity contribution >= 4 is 35.1 Å². The smallest absolute Gasteiger partial charge is 0.243 e. The maximum atomic E-state index is 12.9. The first-order chi connectivity index (χ1) is 14.6. The third-order valence-electron chi connectivity index (χ3n) is 4.31. The van der Waals surface area contributed by atoms with E-state index in [4.69, 9.17) is 20.6 Å². The van der Waals surface area contributed by atoms with Gasteiger partial charge >= 0.3 is 0 Å². The number of thioether (sulfide) groups is 1. The Balaban J connectivity index is 1.48. The molecule has 4 rings (SSSR count). The second-order valence-electron chi connectivity index (χ2n) is 6.60. The van der Waals surface area contributed by atoms with Crippen LogP contribution in [0.25, 0.3) is 11.3 Å². The summed E-state index contributed by atoms with van der Waals surface area (Å²) in [6.07, 6.45) is 0. The fourth-order valence-electron chi connectivity index (χ4n) is 2.87. The quantitative estimate of drug-likeness (QED) is 0.385. The van der Waals surface area contributed by atoms with Gasteiger partial charge in [0.25, 0.3) is 0 Å². The first kappa shape index (κ1) is 20.3. The Labute approximate surface area is 182 Å². The van der Waals surface area contributed by atoms with Crippen molar-refractivity contribution < 1.29 is 13.8 Å². The SMILES string of the molecule is Cc1cc(NC(=O)C(SCc2cc(-c3ccc(Cl)cc3)no2)c2ccccc2)no1. The Hall–Kier alpha value is -3.03. The number of aryl methyl sites for hydroxylation is 1. The van der Waals surface area contributed by atoms with Gasteiger partial charge in [0.1, 0.15) is 22.5 Å². The highest BCUT2D eigenvalue weighted by molar-refractivity contribution is 7.99. The molecule has 30 heavy (non-hydrogen) atoms. The highest BCUT2D eigenvalue weighted by Crippen LogP contribution is 2.33. The van der Waals surface area contributed by atoms with E-state index in [-0.39, 0.29) is 5.91 Å². The molecule has 0 radical (unpaired) electrons. The van der Waals surface area contributed by atoms with E-state index in [0.717, 1.165) is 16.8 Å². The number of aromatic nitrogens is 2. The molecule has 0 fully saturated rings. The van der Waals surface area contributed by atoms with Crippen LogP contribution >= 0.6 is 23.4 Å². The largest absolute Gasteiger partial charge is 0.360 e. The van der Waals surface area contributed by atoms with Crippen molar-refractivity contribution in [2.75, 3.05) is 5.32 Å². The van der Waals surface area contributed by atoms with Gasteiger partial charge < -0.3 is 14.4 Å². The predicted octanol–water partition coefficient (Wildman–Crippen LogP) is 5.90. The molecule has 1 unspecified atom stereocenters. The van der Waals surface area contributed by atoms with Gasteiger partial charge in [0.05, 0.1) is 5.75 Å². The number of carbonyl (C=O) groups is 1. The molecule has 6 nitrogen and oxygen atoms in total. The van der Waals surface area contributed by atoms with Crippen molar-refractivity contribution in [1.29, 1.82) is 0 Å². The number of nitrogens with one attached hydrogen (secondary N) is 1. The number of carbonyl (C=O) groups excluding carboxylic acids is 1. The van der Waals surface area contributed by atoms with Crippen LogP contribution in [0.15, 0.2) is 75.8 Å². The summed E-state index contributed by atoms with van der Waals surface area (Å²) >= 11 is 7.39. The highest BCUT2D eigenvalue weighted by Gasteiger charge is 2.23. The van der Waals surface area contributed by atoms with Crippen LogP contribution in [-0.2, 0) is 10.5 Å². The third-order valence-corrected chi connectivity index (χ3v) is 5.83. The minimum atomic E-state index is -0.452.